The van der Waals surface area contributed by atoms with Crippen LogP contribution in [0.3, 0.4) is 0 Å². The molecule has 98 valence electrons. The quantitative estimate of drug-likeness (QED) is 0.925. The number of aliphatic carboxylic acids is 1. The molecule has 4 nitrogen and oxygen atoms in total. The summed E-state index contributed by atoms with van der Waals surface area (Å²) < 4.78 is 6.11. The zero-order valence-electron chi connectivity index (χ0n) is 10.4. The summed E-state index contributed by atoms with van der Waals surface area (Å²) in [5.74, 6) is -0.799. The van der Waals surface area contributed by atoms with Crippen LogP contribution in [0, 0.1) is 5.41 Å². The summed E-state index contributed by atoms with van der Waals surface area (Å²) in [5.41, 5.74) is 0.143. The fourth-order valence-electron chi connectivity index (χ4n) is 2.51. The molecule has 5 heteroatoms. The second-order valence-electron chi connectivity index (χ2n) is 4.88. The minimum Gasteiger partial charge on any atom is -0.481 e. The number of rotatable bonds is 4. The molecule has 2 rings (SSSR count). The SMILES string of the molecule is CN(C)C(c1cccc(Br)c1)C1(C(=O)O)COC1. The first-order valence-electron chi connectivity index (χ1n) is 5.70. The highest BCUT2D eigenvalue weighted by Crippen LogP contribution is 2.44. The summed E-state index contributed by atoms with van der Waals surface area (Å²) in [6.07, 6.45) is 0. The normalized spacial score (nSPS) is 19.3. The van der Waals surface area contributed by atoms with Crippen molar-refractivity contribution in [2.24, 2.45) is 5.41 Å². The minimum atomic E-state index is -0.843. The zero-order chi connectivity index (χ0) is 13.3. The first-order chi connectivity index (χ1) is 8.47. The van der Waals surface area contributed by atoms with Crippen LogP contribution in [-0.2, 0) is 9.53 Å². The van der Waals surface area contributed by atoms with Crippen molar-refractivity contribution in [3.05, 3.63) is 34.3 Å². The second-order valence-corrected chi connectivity index (χ2v) is 5.79. The lowest BCUT2D eigenvalue weighted by molar-refractivity contribution is -0.193. The number of ether oxygens (including phenoxy) is 1. The Labute approximate surface area is 115 Å². The van der Waals surface area contributed by atoms with Crippen LogP contribution in [0.25, 0.3) is 0 Å². The Kier molecular flexibility index (Phi) is 3.75. The van der Waals surface area contributed by atoms with E-state index in [4.69, 9.17) is 4.74 Å². The van der Waals surface area contributed by atoms with E-state index in [1.54, 1.807) is 0 Å². The van der Waals surface area contributed by atoms with E-state index in [1.165, 1.54) is 0 Å². The van der Waals surface area contributed by atoms with Crippen molar-refractivity contribution in [1.82, 2.24) is 4.90 Å². The third kappa shape index (κ3) is 2.18. The van der Waals surface area contributed by atoms with Crippen molar-refractivity contribution < 1.29 is 14.6 Å². The highest BCUT2D eigenvalue weighted by molar-refractivity contribution is 9.10. The van der Waals surface area contributed by atoms with Crippen molar-refractivity contribution >= 4 is 21.9 Å². The van der Waals surface area contributed by atoms with Gasteiger partial charge in [-0.3, -0.25) is 4.79 Å². The molecular weight excluding hydrogens is 298 g/mol. The van der Waals surface area contributed by atoms with E-state index in [9.17, 15) is 9.90 Å². The van der Waals surface area contributed by atoms with Crippen LogP contribution in [0.15, 0.2) is 28.7 Å². The highest BCUT2D eigenvalue weighted by Gasteiger charge is 2.54. The van der Waals surface area contributed by atoms with Gasteiger partial charge in [-0.25, -0.2) is 0 Å². The van der Waals surface area contributed by atoms with Crippen LogP contribution in [0.1, 0.15) is 11.6 Å². The van der Waals surface area contributed by atoms with Gasteiger partial charge >= 0.3 is 5.97 Å². The molecule has 0 saturated carbocycles. The van der Waals surface area contributed by atoms with Gasteiger partial charge in [0.2, 0.25) is 0 Å². The Bertz CT molecular complexity index is 457. The van der Waals surface area contributed by atoms with E-state index in [1.807, 2.05) is 43.3 Å². The van der Waals surface area contributed by atoms with Crippen molar-refractivity contribution in [1.29, 1.82) is 0 Å². The second kappa shape index (κ2) is 4.99. The van der Waals surface area contributed by atoms with Crippen molar-refractivity contribution in [3.8, 4) is 0 Å². The van der Waals surface area contributed by atoms with Gasteiger partial charge in [0.05, 0.1) is 19.3 Å². The molecule has 1 unspecified atom stereocenters. The maximum atomic E-state index is 11.6. The van der Waals surface area contributed by atoms with Crippen LogP contribution in [-0.4, -0.2) is 43.3 Å². The average molecular weight is 314 g/mol. The minimum absolute atomic E-state index is 0.193. The van der Waals surface area contributed by atoms with E-state index < -0.39 is 11.4 Å². The van der Waals surface area contributed by atoms with Gasteiger partial charge < -0.3 is 14.7 Å². The molecule has 0 bridgehead atoms. The third-order valence-electron chi connectivity index (χ3n) is 3.35. The molecule has 18 heavy (non-hydrogen) atoms. The molecule has 1 heterocycles. The van der Waals surface area contributed by atoms with Crippen LogP contribution in [0.2, 0.25) is 0 Å². The monoisotopic (exact) mass is 313 g/mol. The van der Waals surface area contributed by atoms with E-state index in [-0.39, 0.29) is 19.3 Å². The lowest BCUT2D eigenvalue weighted by atomic mass is 9.74. The zero-order valence-corrected chi connectivity index (χ0v) is 12.0. The first kappa shape index (κ1) is 13.5. The van der Waals surface area contributed by atoms with Crippen molar-refractivity contribution in [2.75, 3.05) is 27.3 Å². The summed E-state index contributed by atoms with van der Waals surface area (Å²) >= 11 is 3.43. The molecule has 1 aromatic rings. The average Bonchev–Trinajstić information content (AvgIpc) is 2.21. The van der Waals surface area contributed by atoms with Gasteiger partial charge in [-0.1, -0.05) is 28.1 Å². The number of carbonyl (C=O) groups is 1. The van der Waals surface area contributed by atoms with Gasteiger partial charge in [0.15, 0.2) is 0 Å². The molecule has 0 spiro atoms. The number of carboxylic acids is 1. The molecule has 0 amide bonds. The van der Waals surface area contributed by atoms with E-state index in [0.29, 0.717) is 0 Å². The van der Waals surface area contributed by atoms with Gasteiger partial charge in [0.1, 0.15) is 5.41 Å². The van der Waals surface area contributed by atoms with Gasteiger partial charge in [-0.15, -0.1) is 0 Å². The summed E-state index contributed by atoms with van der Waals surface area (Å²) in [6.45, 7) is 0.523. The molecule has 1 aliphatic rings. The number of hydrogen-bond donors (Lipinski definition) is 1. The fourth-order valence-corrected chi connectivity index (χ4v) is 2.93. The van der Waals surface area contributed by atoms with Gasteiger partial charge in [0.25, 0.3) is 0 Å². The number of nitrogens with zero attached hydrogens (tertiary/aromatic N) is 1. The number of carboxylic acid groups (broad SMARTS) is 1. The molecule has 0 aliphatic carbocycles. The Morgan fingerprint density at radius 3 is 2.56 bits per heavy atom. The summed E-state index contributed by atoms with van der Waals surface area (Å²) in [4.78, 5) is 13.5. The van der Waals surface area contributed by atoms with Crippen LogP contribution < -0.4 is 0 Å². The molecule has 1 N–H and O–H groups in total. The maximum Gasteiger partial charge on any atom is 0.316 e. The lowest BCUT2D eigenvalue weighted by Gasteiger charge is -2.46. The molecule has 1 aliphatic heterocycles. The Balaban J connectivity index is 2.43. The standard InChI is InChI=1S/C13H16BrNO3/c1-15(2)11(9-4-3-5-10(14)6-9)13(12(16)17)7-18-8-13/h3-6,11H,7-8H2,1-2H3,(H,16,17). The summed E-state index contributed by atoms with van der Waals surface area (Å²) in [5, 5.41) is 9.52. The summed E-state index contributed by atoms with van der Waals surface area (Å²) in [6, 6.07) is 7.58. The third-order valence-corrected chi connectivity index (χ3v) is 3.84. The van der Waals surface area contributed by atoms with E-state index in [0.717, 1.165) is 10.0 Å². The predicted molar refractivity (Wildman–Crippen MR) is 71.5 cm³/mol. The maximum absolute atomic E-state index is 11.6. The van der Waals surface area contributed by atoms with Gasteiger partial charge in [0, 0.05) is 4.47 Å². The van der Waals surface area contributed by atoms with Crippen LogP contribution >= 0.6 is 15.9 Å². The number of hydrogen-bond acceptors (Lipinski definition) is 3. The first-order valence-corrected chi connectivity index (χ1v) is 6.50. The molecule has 1 aromatic carbocycles. The molecule has 1 saturated heterocycles. The fraction of sp³-hybridized carbons (Fsp3) is 0.462. The highest BCUT2D eigenvalue weighted by atomic mass is 79.9. The Hall–Kier alpha value is -0.910. The number of halogens is 1. The van der Waals surface area contributed by atoms with Crippen molar-refractivity contribution in [2.45, 2.75) is 6.04 Å². The van der Waals surface area contributed by atoms with E-state index >= 15 is 0 Å². The van der Waals surface area contributed by atoms with Gasteiger partial charge in [-0.2, -0.15) is 0 Å². The Morgan fingerprint density at radius 1 is 1.50 bits per heavy atom. The molecule has 0 aromatic heterocycles. The smallest absolute Gasteiger partial charge is 0.316 e. The van der Waals surface area contributed by atoms with Crippen LogP contribution in [0.5, 0.6) is 0 Å². The lowest BCUT2D eigenvalue weighted by Crippen LogP contribution is -2.56. The van der Waals surface area contributed by atoms with E-state index in [2.05, 4.69) is 15.9 Å². The number of benzene rings is 1. The predicted octanol–water partition coefficient (Wildman–Crippen LogP) is 2.15. The van der Waals surface area contributed by atoms with Gasteiger partial charge in [-0.05, 0) is 31.8 Å². The van der Waals surface area contributed by atoms with Crippen LogP contribution in [0.4, 0.5) is 0 Å². The Morgan fingerprint density at radius 2 is 2.17 bits per heavy atom. The van der Waals surface area contributed by atoms with Crippen molar-refractivity contribution in [3.63, 3.8) is 0 Å². The molecule has 1 atom stereocenters. The summed E-state index contributed by atoms with van der Waals surface area (Å²) in [7, 11) is 3.79. The largest absolute Gasteiger partial charge is 0.481 e. The molecular formula is C13H16BrNO3. The topological polar surface area (TPSA) is 49.8 Å². The molecule has 0 radical (unpaired) electrons. The molecule has 1 fully saturated rings.